The second kappa shape index (κ2) is 4.35. The van der Waals surface area contributed by atoms with Gasteiger partial charge in [-0.25, -0.2) is 4.39 Å². The molecule has 0 spiro atoms. The van der Waals surface area contributed by atoms with Crippen molar-refractivity contribution in [1.82, 2.24) is 0 Å². The molecule has 1 aromatic carbocycles. The number of phenols is 1. The van der Waals surface area contributed by atoms with Crippen LogP contribution in [0.3, 0.4) is 0 Å². The third-order valence-electron chi connectivity index (χ3n) is 1.79. The van der Waals surface area contributed by atoms with Crippen molar-refractivity contribution in [3.63, 3.8) is 0 Å². The first-order valence-electron chi connectivity index (χ1n) is 3.93. The van der Waals surface area contributed by atoms with E-state index in [4.69, 9.17) is 26.6 Å². The van der Waals surface area contributed by atoms with Gasteiger partial charge in [0.1, 0.15) is 5.75 Å². The Labute approximate surface area is 89.9 Å². The van der Waals surface area contributed by atoms with E-state index in [1.807, 2.05) is 0 Å². The molecule has 0 atom stereocenters. The molecule has 0 aliphatic rings. The van der Waals surface area contributed by atoms with Crippen molar-refractivity contribution < 1.29 is 24.1 Å². The average Bonchev–Trinajstić information content (AvgIpc) is 2.18. The number of carboxylic acid groups (broad SMARTS) is 1. The zero-order valence-corrected chi connectivity index (χ0v) is 8.51. The third-order valence-corrected chi connectivity index (χ3v) is 2.20. The van der Waals surface area contributed by atoms with Gasteiger partial charge in [-0.2, -0.15) is 0 Å². The van der Waals surface area contributed by atoms with Gasteiger partial charge in [0.2, 0.25) is 0 Å². The number of halogens is 2. The quantitative estimate of drug-likeness (QED) is 0.837. The number of aliphatic carboxylic acids is 1. The van der Waals surface area contributed by atoms with Crippen molar-refractivity contribution in [2.45, 2.75) is 6.42 Å². The second-order valence-electron chi connectivity index (χ2n) is 2.77. The van der Waals surface area contributed by atoms with Gasteiger partial charge in [0, 0.05) is 11.6 Å². The van der Waals surface area contributed by atoms with E-state index in [-0.39, 0.29) is 16.3 Å². The molecule has 0 unspecified atom stereocenters. The van der Waals surface area contributed by atoms with Crippen molar-refractivity contribution in [2.75, 3.05) is 7.11 Å². The first kappa shape index (κ1) is 11.6. The molecule has 0 aliphatic carbocycles. The van der Waals surface area contributed by atoms with Gasteiger partial charge in [-0.1, -0.05) is 11.6 Å². The van der Waals surface area contributed by atoms with Gasteiger partial charge in [0.25, 0.3) is 0 Å². The van der Waals surface area contributed by atoms with E-state index in [0.29, 0.717) is 0 Å². The highest BCUT2D eigenvalue weighted by Crippen LogP contribution is 2.35. The molecule has 1 rings (SSSR count). The summed E-state index contributed by atoms with van der Waals surface area (Å²) in [5.41, 5.74) is -0.291. The number of ether oxygens (including phenoxy) is 1. The summed E-state index contributed by atoms with van der Waals surface area (Å²) in [5.74, 6) is -2.94. The fourth-order valence-electron chi connectivity index (χ4n) is 1.11. The van der Waals surface area contributed by atoms with Gasteiger partial charge in [-0.05, 0) is 0 Å². The molecule has 2 N–H and O–H groups in total. The summed E-state index contributed by atoms with van der Waals surface area (Å²) in [5, 5.41) is 17.5. The maximum atomic E-state index is 13.3. The highest BCUT2D eigenvalue weighted by atomic mass is 35.5. The lowest BCUT2D eigenvalue weighted by molar-refractivity contribution is -0.136. The van der Waals surface area contributed by atoms with Gasteiger partial charge >= 0.3 is 5.97 Å². The van der Waals surface area contributed by atoms with E-state index in [2.05, 4.69) is 0 Å². The van der Waals surface area contributed by atoms with Crippen LogP contribution >= 0.6 is 11.6 Å². The Morgan fingerprint density at radius 3 is 2.73 bits per heavy atom. The van der Waals surface area contributed by atoms with Gasteiger partial charge in [-0.3, -0.25) is 4.79 Å². The summed E-state index contributed by atoms with van der Waals surface area (Å²) in [6.07, 6.45) is -0.616. The summed E-state index contributed by atoms with van der Waals surface area (Å²) in [6.45, 7) is 0. The van der Waals surface area contributed by atoms with Crippen LogP contribution < -0.4 is 4.74 Å². The Morgan fingerprint density at radius 1 is 1.67 bits per heavy atom. The number of hydrogen-bond acceptors (Lipinski definition) is 3. The van der Waals surface area contributed by atoms with Crippen molar-refractivity contribution in [1.29, 1.82) is 0 Å². The fraction of sp³-hybridized carbons (Fsp3) is 0.222. The molecule has 0 aliphatic heterocycles. The molecule has 0 bridgehead atoms. The highest BCUT2D eigenvalue weighted by molar-refractivity contribution is 6.33. The van der Waals surface area contributed by atoms with E-state index in [9.17, 15) is 9.18 Å². The zero-order valence-electron chi connectivity index (χ0n) is 7.75. The van der Waals surface area contributed by atoms with E-state index >= 15 is 0 Å². The topological polar surface area (TPSA) is 66.8 Å². The van der Waals surface area contributed by atoms with Crippen molar-refractivity contribution >= 4 is 17.6 Å². The zero-order chi connectivity index (χ0) is 11.6. The number of hydrogen-bond donors (Lipinski definition) is 2. The van der Waals surface area contributed by atoms with E-state index in [1.54, 1.807) is 0 Å². The Hall–Kier alpha value is -1.49. The van der Waals surface area contributed by atoms with Crippen LogP contribution in [0.5, 0.6) is 11.5 Å². The molecule has 0 saturated carbocycles. The lowest BCUT2D eigenvalue weighted by atomic mass is 10.1. The first-order valence-corrected chi connectivity index (χ1v) is 4.30. The number of carboxylic acids is 1. The van der Waals surface area contributed by atoms with Crippen LogP contribution in [0.15, 0.2) is 6.07 Å². The summed E-state index contributed by atoms with van der Waals surface area (Å²) >= 11 is 5.69. The number of carbonyl (C=O) groups is 1. The van der Waals surface area contributed by atoms with Crippen molar-refractivity contribution in [2.24, 2.45) is 0 Å². The van der Waals surface area contributed by atoms with Crippen LogP contribution in [-0.4, -0.2) is 23.3 Å². The van der Waals surface area contributed by atoms with E-state index in [1.165, 1.54) is 7.11 Å². The van der Waals surface area contributed by atoms with Gasteiger partial charge in [-0.15, -0.1) is 0 Å². The molecule has 0 radical (unpaired) electrons. The molecular weight excluding hydrogens is 227 g/mol. The van der Waals surface area contributed by atoms with Crippen molar-refractivity contribution in [3.05, 3.63) is 22.5 Å². The fourth-order valence-corrected chi connectivity index (χ4v) is 1.39. The molecule has 0 amide bonds. The lowest BCUT2D eigenvalue weighted by Crippen LogP contribution is -2.04. The minimum absolute atomic E-state index is 0.0341. The average molecular weight is 235 g/mol. The van der Waals surface area contributed by atoms with Crippen LogP contribution in [0.4, 0.5) is 4.39 Å². The summed E-state index contributed by atoms with van der Waals surface area (Å²) in [4.78, 5) is 10.4. The molecule has 15 heavy (non-hydrogen) atoms. The molecule has 1 aromatic rings. The number of phenolic OH excluding ortho intramolecular Hbond substituents is 1. The second-order valence-corrected chi connectivity index (χ2v) is 3.15. The number of aromatic hydroxyl groups is 1. The molecule has 82 valence electrons. The third kappa shape index (κ3) is 2.30. The SMILES string of the molecule is COc1cc(O)c(F)c(CC(=O)O)c1Cl. The van der Waals surface area contributed by atoms with Gasteiger partial charge in [0.05, 0.1) is 18.6 Å². The molecule has 0 aromatic heterocycles. The Kier molecular flexibility index (Phi) is 3.36. The molecular formula is C9H8ClFO4. The highest BCUT2D eigenvalue weighted by Gasteiger charge is 2.19. The summed E-state index contributed by atoms with van der Waals surface area (Å²) < 4.78 is 18.0. The monoisotopic (exact) mass is 234 g/mol. The summed E-state index contributed by atoms with van der Waals surface area (Å²) in [6, 6.07) is 0.989. The van der Waals surface area contributed by atoms with Gasteiger partial charge < -0.3 is 14.9 Å². The van der Waals surface area contributed by atoms with Crippen LogP contribution in [-0.2, 0) is 11.2 Å². The van der Waals surface area contributed by atoms with Crippen LogP contribution in [0.25, 0.3) is 0 Å². The van der Waals surface area contributed by atoms with Crippen LogP contribution in [0.1, 0.15) is 5.56 Å². The normalized spacial score (nSPS) is 10.1. The first-order chi connectivity index (χ1) is 6.97. The number of methoxy groups -OCH3 is 1. The number of benzene rings is 1. The molecule has 0 fully saturated rings. The molecule has 0 heterocycles. The smallest absolute Gasteiger partial charge is 0.307 e. The predicted octanol–water partition coefficient (Wildman–Crippen LogP) is 1.82. The largest absolute Gasteiger partial charge is 0.505 e. The maximum absolute atomic E-state index is 13.3. The molecule has 6 heteroatoms. The van der Waals surface area contributed by atoms with Crippen LogP contribution in [0.2, 0.25) is 5.02 Å². The maximum Gasteiger partial charge on any atom is 0.307 e. The predicted molar refractivity (Wildman–Crippen MR) is 51.0 cm³/mol. The van der Waals surface area contributed by atoms with E-state index in [0.717, 1.165) is 6.07 Å². The Bertz CT molecular complexity index is 406. The number of rotatable bonds is 3. The summed E-state index contributed by atoms with van der Waals surface area (Å²) in [7, 11) is 1.28. The van der Waals surface area contributed by atoms with Gasteiger partial charge in [0.15, 0.2) is 11.6 Å². The Balaban J connectivity index is 3.33. The molecule has 0 saturated heterocycles. The minimum Gasteiger partial charge on any atom is -0.505 e. The van der Waals surface area contributed by atoms with Crippen molar-refractivity contribution in [3.8, 4) is 11.5 Å². The standard InChI is InChI=1S/C9H8ClFO4/c1-15-6-3-5(12)9(11)4(8(6)10)2-7(13)14/h3,12H,2H2,1H3,(H,13,14). The lowest BCUT2D eigenvalue weighted by Gasteiger charge is -2.09. The van der Waals surface area contributed by atoms with Crippen LogP contribution in [0, 0.1) is 5.82 Å². The van der Waals surface area contributed by atoms with E-state index < -0.39 is 24.0 Å². The molecule has 4 nitrogen and oxygen atoms in total. The minimum atomic E-state index is -1.25. The Morgan fingerprint density at radius 2 is 2.27 bits per heavy atom.